The van der Waals surface area contributed by atoms with Crippen LogP contribution in [0.15, 0.2) is 212 Å². The summed E-state index contributed by atoms with van der Waals surface area (Å²) in [6, 6.07) is 76.5. The van der Waals surface area contributed by atoms with Crippen molar-refractivity contribution in [3.8, 4) is 28.5 Å². The summed E-state index contributed by atoms with van der Waals surface area (Å²) in [6.45, 7) is 0. The zero-order chi connectivity index (χ0) is 41.2. The highest BCUT2D eigenvalue weighted by molar-refractivity contribution is 6.24. The lowest BCUT2D eigenvalue weighted by molar-refractivity contribution is 1.08. The first-order valence-corrected chi connectivity index (χ1v) is 21.5. The van der Waals surface area contributed by atoms with Crippen molar-refractivity contribution in [2.24, 2.45) is 0 Å². The number of benzene rings is 10. The van der Waals surface area contributed by atoms with Gasteiger partial charge >= 0.3 is 0 Å². The molecule has 0 bridgehead atoms. The summed E-state index contributed by atoms with van der Waals surface area (Å²) in [6.07, 6.45) is 0. The Kier molecular flexibility index (Phi) is 7.05. The van der Waals surface area contributed by atoms with E-state index in [0.717, 1.165) is 72.3 Å². The third-order valence-corrected chi connectivity index (χ3v) is 13.2. The minimum absolute atomic E-state index is 0.795. The summed E-state index contributed by atoms with van der Waals surface area (Å²) in [5.74, 6) is 0.795. The molecule has 14 rings (SSSR count). The van der Waals surface area contributed by atoms with Gasteiger partial charge in [0.2, 0.25) is 0 Å². The van der Waals surface area contributed by atoms with Crippen molar-refractivity contribution in [1.29, 1.82) is 0 Å². The van der Waals surface area contributed by atoms with Crippen LogP contribution in [-0.2, 0) is 0 Å². The fraction of sp³-hybridized carbons (Fsp3) is 0. The second-order valence-electron chi connectivity index (χ2n) is 16.5. The Morgan fingerprint density at radius 2 is 0.778 bits per heavy atom. The van der Waals surface area contributed by atoms with Crippen LogP contribution in [0.1, 0.15) is 0 Å². The minimum Gasteiger partial charge on any atom is -0.309 e. The molecule has 0 radical (unpaired) electrons. The zero-order valence-electron chi connectivity index (χ0n) is 33.9. The van der Waals surface area contributed by atoms with Gasteiger partial charge in [0.1, 0.15) is 5.69 Å². The Morgan fingerprint density at radius 3 is 1.49 bits per heavy atom. The molecule has 14 aromatic rings. The van der Waals surface area contributed by atoms with Crippen molar-refractivity contribution in [2.75, 3.05) is 0 Å². The van der Waals surface area contributed by atoms with Crippen LogP contribution in [0, 0.1) is 0 Å². The number of aromatic nitrogens is 5. The van der Waals surface area contributed by atoms with Crippen LogP contribution < -0.4 is 0 Å². The van der Waals surface area contributed by atoms with E-state index < -0.39 is 0 Å². The first kappa shape index (κ1) is 34.2. The molecule has 0 fully saturated rings. The van der Waals surface area contributed by atoms with Gasteiger partial charge in [-0.2, -0.15) is 0 Å². The van der Waals surface area contributed by atoms with Gasteiger partial charge in [-0.05, 0) is 94.3 Å². The fourth-order valence-corrected chi connectivity index (χ4v) is 10.6. The lowest BCUT2D eigenvalue weighted by Gasteiger charge is -2.15. The molecule has 0 atom stereocenters. The molecule has 5 nitrogen and oxygen atoms in total. The van der Waals surface area contributed by atoms with Gasteiger partial charge in [0, 0.05) is 49.3 Å². The number of rotatable bonds is 4. The van der Waals surface area contributed by atoms with Gasteiger partial charge in [-0.1, -0.05) is 140 Å². The molecule has 0 spiro atoms. The van der Waals surface area contributed by atoms with Crippen LogP contribution in [0.5, 0.6) is 0 Å². The van der Waals surface area contributed by atoms with Gasteiger partial charge < -0.3 is 9.13 Å². The Morgan fingerprint density at radius 1 is 0.286 bits per heavy atom. The van der Waals surface area contributed by atoms with Crippen molar-refractivity contribution < 1.29 is 0 Å². The lowest BCUT2D eigenvalue weighted by atomic mass is 10.0. The Balaban J connectivity index is 1.11. The molecule has 292 valence electrons. The van der Waals surface area contributed by atoms with Crippen molar-refractivity contribution in [3.05, 3.63) is 212 Å². The van der Waals surface area contributed by atoms with E-state index in [-0.39, 0.29) is 0 Å². The van der Waals surface area contributed by atoms with E-state index >= 15 is 0 Å². The van der Waals surface area contributed by atoms with Crippen molar-refractivity contribution in [1.82, 2.24) is 23.7 Å². The van der Waals surface area contributed by atoms with Crippen LogP contribution in [0.25, 0.3) is 126 Å². The minimum atomic E-state index is 0.795. The third kappa shape index (κ3) is 4.82. The van der Waals surface area contributed by atoms with Crippen LogP contribution in [0.3, 0.4) is 0 Å². The highest BCUT2D eigenvalue weighted by Crippen LogP contribution is 2.44. The molecule has 0 saturated carbocycles. The van der Waals surface area contributed by atoms with E-state index in [1.165, 1.54) is 54.1 Å². The predicted octanol–water partition coefficient (Wildman–Crippen LogP) is 14.9. The molecule has 0 aliphatic heterocycles. The molecular weight excluding hydrogens is 767 g/mol. The largest absolute Gasteiger partial charge is 0.309 e. The molecule has 63 heavy (non-hydrogen) atoms. The van der Waals surface area contributed by atoms with E-state index in [1.807, 2.05) is 6.07 Å². The van der Waals surface area contributed by atoms with Gasteiger partial charge in [-0.25, -0.2) is 9.97 Å². The van der Waals surface area contributed by atoms with Crippen LogP contribution >= 0.6 is 0 Å². The molecule has 4 aromatic heterocycles. The maximum absolute atomic E-state index is 5.60. The van der Waals surface area contributed by atoms with Crippen molar-refractivity contribution >= 4 is 98.0 Å². The number of fused-ring (bicyclic) bond motifs is 14. The quantitative estimate of drug-likeness (QED) is 0.178. The maximum atomic E-state index is 5.60. The monoisotopic (exact) mass is 801 g/mol. The molecule has 0 aliphatic rings. The first-order chi connectivity index (χ1) is 31.3. The average molecular weight is 802 g/mol. The fourth-order valence-electron chi connectivity index (χ4n) is 10.6. The second-order valence-corrected chi connectivity index (χ2v) is 16.5. The number of hydrogen-bond acceptors (Lipinski definition) is 2. The lowest BCUT2D eigenvalue weighted by Crippen LogP contribution is -2.04. The smallest absolute Gasteiger partial charge is 0.165 e. The van der Waals surface area contributed by atoms with Gasteiger partial charge in [0.15, 0.2) is 5.82 Å². The molecule has 4 heterocycles. The number of para-hydroxylation sites is 5. The molecule has 0 aliphatic carbocycles. The van der Waals surface area contributed by atoms with E-state index in [0.29, 0.717) is 0 Å². The molecule has 0 saturated heterocycles. The van der Waals surface area contributed by atoms with Gasteiger partial charge in [-0.3, -0.25) is 4.57 Å². The molecule has 0 unspecified atom stereocenters. The van der Waals surface area contributed by atoms with E-state index in [4.69, 9.17) is 9.97 Å². The second kappa shape index (κ2) is 13.0. The van der Waals surface area contributed by atoms with Gasteiger partial charge in [0.05, 0.1) is 44.1 Å². The molecule has 0 amide bonds. The van der Waals surface area contributed by atoms with E-state index in [1.54, 1.807) is 0 Å². The van der Waals surface area contributed by atoms with Crippen LogP contribution in [-0.4, -0.2) is 23.7 Å². The van der Waals surface area contributed by atoms with Gasteiger partial charge in [0.25, 0.3) is 0 Å². The molecular formula is C58H35N5. The molecule has 10 aromatic carbocycles. The Bertz CT molecular complexity index is 4210. The number of hydrogen-bond donors (Lipinski definition) is 0. The summed E-state index contributed by atoms with van der Waals surface area (Å²) >= 11 is 0. The summed E-state index contributed by atoms with van der Waals surface area (Å²) < 4.78 is 7.17. The molecule has 0 N–H and O–H groups in total. The third-order valence-electron chi connectivity index (χ3n) is 13.2. The summed E-state index contributed by atoms with van der Waals surface area (Å²) in [5, 5.41) is 12.1. The normalized spacial score (nSPS) is 12.1. The molecule has 5 heteroatoms. The Labute approximate surface area is 360 Å². The predicted molar refractivity (Wildman–Crippen MR) is 263 cm³/mol. The van der Waals surface area contributed by atoms with Crippen LogP contribution in [0.2, 0.25) is 0 Å². The van der Waals surface area contributed by atoms with Crippen molar-refractivity contribution in [2.45, 2.75) is 0 Å². The Hall–Kier alpha value is -8.54. The maximum Gasteiger partial charge on any atom is 0.165 e. The van der Waals surface area contributed by atoms with Crippen LogP contribution in [0.4, 0.5) is 0 Å². The van der Waals surface area contributed by atoms with Crippen molar-refractivity contribution in [3.63, 3.8) is 0 Å². The highest BCUT2D eigenvalue weighted by Gasteiger charge is 2.25. The average Bonchev–Trinajstić information content (AvgIpc) is 4.00. The van der Waals surface area contributed by atoms with E-state index in [9.17, 15) is 0 Å². The summed E-state index contributed by atoms with van der Waals surface area (Å²) in [5.41, 5.74) is 12.6. The topological polar surface area (TPSA) is 40.6 Å². The highest BCUT2D eigenvalue weighted by atomic mass is 15.1. The van der Waals surface area contributed by atoms with Gasteiger partial charge in [-0.15, -0.1) is 0 Å². The SMILES string of the molecule is c1ccc(-n2c3ccccc3c3c(-c4nc5ccccc5nc4-n4c5ccc(-n6c7ccccc7c7c8ccccc8ccc76)cc5c5c6ccccc6ccc54)cccc32)cc1. The summed E-state index contributed by atoms with van der Waals surface area (Å²) in [4.78, 5) is 11.2. The first-order valence-electron chi connectivity index (χ1n) is 21.5. The summed E-state index contributed by atoms with van der Waals surface area (Å²) in [7, 11) is 0. The number of nitrogens with zero attached hydrogens (tertiary/aromatic N) is 5. The zero-order valence-corrected chi connectivity index (χ0v) is 33.9. The standard InChI is InChI=1S/C58H35N5/c1-2-17-38(18-3-1)61-48-26-12-9-22-43(48)56-44(23-14-28-51(56)61)57-58(60-47-25-11-10-24-46(47)59-57)63-50-34-31-39(35-45(50)55-41-20-7-5-16-37(41)30-33-53(55)63)62-49-27-13-8-21-42(49)54-40-19-6-4-15-36(40)29-32-52(54)62/h1-35H. The van der Waals surface area contributed by atoms with E-state index in [2.05, 4.69) is 220 Å².